The zero-order valence-corrected chi connectivity index (χ0v) is 16.8. The number of nitrogens with one attached hydrogen (secondary N) is 2. The zero-order chi connectivity index (χ0) is 18.5. The van der Waals surface area contributed by atoms with Gasteiger partial charge in [-0.15, -0.1) is 0 Å². The lowest BCUT2D eigenvalue weighted by Gasteiger charge is -2.15. The van der Waals surface area contributed by atoms with Crippen molar-refractivity contribution >= 4 is 40.0 Å². The summed E-state index contributed by atoms with van der Waals surface area (Å²) in [6.07, 6.45) is 0.952. The molecule has 0 saturated heterocycles. The summed E-state index contributed by atoms with van der Waals surface area (Å²) >= 11 is 2.09. The molecule has 0 aliphatic heterocycles. The molecule has 0 spiro atoms. The van der Waals surface area contributed by atoms with Crippen molar-refractivity contribution in [2.24, 2.45) is 0 Å². The molecule has 3 aromatic rings. The van der Waals surface area contributed by atoms with Crippen molar-refractivity contribution in [3.63, 3.8) is 0 Å². The van der Waals surface area contributed by atoms with E-state index in [1.807, 2.05) is 42.5 Å². The fourth-order valence-electron chi connectivity index (χ4n) is 2.38. The predicted molar refractivity (Wildman–Crippen MR) is 113 cm³/mol. The Bertz CT molecular complexity index is 886. The Hall–Kier alpha value is -2.22. The summed E-state index contributed by atoms with van der Waals surface area (Å²) in [7, 11) is 0. The third-order valence-electron chi connectivity index (χ3n) is 3.98. The average Bonchev–Trinajstić information content (AvgIpc) is 2.64. The molecule has 0 radical (unpaired) electrons. The number of anilines is 3. The van der Waals surface area contributed by atoms with E-state index in [1.165, 1.54) is 6.07 Å². The standard InChI is InChI=1S/C20H20FIN4/c1-3-13(2)23-20-25-18(14-7-5-4-6-8-14)12-19(26-20)24-17-10-9-15(22)11-16(17)21/h4-13H,3H2,1-2H3,(H2,23,24,25,26)/t13-/m1/s1. The van der Waals surface area contributed by atoms with Gasteiger partial charge in [0.05, 0.1) is 11.4 Å². The largest absolute Gasteiger partial charge is 0.352 e. The molecule has 2 N–H and O–H groups in total. The van der Waals surface area contributed by atoms with Gasteiger partial charge >= 0.3 is 0 Å². The highest BCUT2D eigenvalue weighted by Gasteiger charge is 2.10. The van der Waals surface area contributed by atoms with Gasteiger partial charge in [-0.05, 0) is 54.1 Å². The van der Waals surface area contributed by atoms with E-state index in [1.54, 1.807) is 6.07 Å². The second-order valence-electron chi connectivity index (χ2n) is 6.03. The Kier molecular flexibility index (Phi) is 6.03. The Labute approximate surface area is 166 Å². The van der Waals surface area contributed by atoms with Crippen molar-refractivity contribution in [1.82, 2.24) is 9.97 Å². The van der Waals surface area contributed by atoms with Gasteiger partial charge in [-0.25, -0.2) is 9.37 Å². The molecular formula is C20H20FIN4. The van der Waals surface area contributed by atoms with Gasteiger partial charge in [-0.2, -0.15) is 4.98 Å². The Morgan fingerprint density at radius 1 is 1.08 bits per heavy atom. The summed E-state index contributed by atoms with van der Waals surface area (Å²) in [5.41, 5.74) is 2.14. The molecule has 4 nitrogen and oxygen atoms in total. The lowest BCUT2D eigenvalue weighted by molar-refractivity contribution is 0.631. The van der Waals surface area contributed by atoms with E-state index in [2.05, 4.69) is 57.0 Å². The highest BCUT2D eigenvalue weighted by Crippen LogP contribution is 2.25. The molecule has 1 atom stereocenters. The van der Waals surface area contributed by atoms with Crippen molar-refractivity contribution in [3.05, 3.63) is 64.0 Å². The molecule has 0 bridgehead atoms. The molecule has 3 rings (SSSR count). The molecule has 26 heavy (non-hydrogen) atoms. The van der Waals surface area contributed by atoms with E-state index in [9.17, 15) is 4.39 Å². The minimum absolute atomic E-state index is 0.240. The summed E-state index contributed by atoms with van der Waals surface area (Å²) in [5.74, 6) is 0.757. The predicted octanol–water partition coefficient (Wildman–Crippen LogP) is 5.84. The fraction of sp³-hybridized carbons (Fsp3) is 0.200. The number of hydrogen-bond acceptors (Lipinski definition) is 4. The molecule has 2 aromatic carbocycles. The molecule has 134 valence electrons. The third kappa shape index (κ3) is 4.69. The first-order valence-electron chi connectivity index (χ1n) is 8.48. The normalized spacial score (nSPS) is 11.8. The Morgan fingerprint density at radius 3 is 2.54 bits per heavy atom. The summed E-state index contributed by atoms with van der Waals surface area (Å²) in [5, 5.41) is 6.37. The molecule has 0 saturated carbocycles. The number of aromatic nitrogens is 2. The maximum Gasteiger partial charge on any atom is 0.225 e. The van der Waals surface area contributed by atoms with Gasteiger partial charge in [0.15, 0.2) is 0 Å². The maximum absolute atomic E-state index is 14.2. The first-order valence-corrected chi connectivity index (χ1v) is 9.56. The van der Waals surface area contributed by atoms with Crippen LogP contribution in [0.4, 0.5) is 21.8 Å². The topological polar surface area (TPSA) is 49.8 Å². The summed E-state index contributed by atoms with van der Waals surface area (Å²) in [4.78, 5) is 9.12. The molecule has 0 fully saturated rings. The van der Waals surface area contributed by atoms with E-state index in [-0.39, 0.29) is 11.9 Å². The lowest BCUT2D eigenvalue weighted by atomic mass is 10.1. The maximum atomic E-state index is 14.2. The average molecular weight is 462 g/mol. The highest BCUT2D eigenvalue weighted by molar-refractivity contribution is 14.1. The highest BCUT2D eigenvalue weighted by atomic mass is 127. The van der Waals surface area contributed by atoms with Crippen LogP contribution in [-0.2, 0) is 0 Å². The van der Waals surface area contributed by atoms with Gasteiger partial charge in [0.1, 0.15) is 11.6 Å². The summed E-state index contributed by atoms with van der Waals surface area (Å²) in [6, 6.07) is 17.0. The second-order valence-corrected chi connectivity index (χ2v) is 7.28. The third-order valence-corrected chi connectivity index (χ3v) is 4.65. The van der Waals surface area contributed by atoms with Crippen LogP contribution >= 0.6 is 22.6 Å². The summed E-state index contributed by atoms with van der Waals surface area (Å²) < 4.78 is 15.0. The number of benzene rings is 2. The molecule has 0 amide bonds. The fourth-order valence-corrected chi connectivity index (χ4v) is 2.84. The van der Waals surface area contributed by atoms with Crippen molar-refractivity contribution in [2.75, 3.05) is 10.6 Å². The van der Waals surface area contributed by atoms with Crippen molar-refractivity contribution in [3.8, 4) is 11.3 Å². The number of rotatable bonds is 6. The minimum atomic E-state index is -0.312. The van der Waals surface area contributed by atoms with Crippen LogP contribution in [0, 0.1) is 9.39 Å². The van der Waals surface area contributed by atoms with Crippen LogP contribution in [0.1, 0.15) is 20.3 Å². The van der Waals surface area contributed by atoms with E-state index in [0.29, 0.717) is 17.5 Å². The molecule has 1 heterocycles. The van der Waals surface area contributed by atoms with Gasteiger partial charge in [0, 0.05) is 21.2 Å². The smallest absolute Gasteiger partial charge is 0.225 e. The van der Waals surface area contributed by atoms with Crippen LogP contribution in [0.25, 0.3) is 11.3 Å². The first kappa shape index (κ1) is 18.6. The van der Waals surface area contributed by atoms with E-state index in [4.69, 9.17) is 0 Å². The van der Waals surface area contributed by atoms with Gasteiger partial charge in [-0.1, -0.05) is 37.3 Å². The van der Waals surface area contributed by atoms with Crippen LogP contribution in [0.3, 0.4) is 0 Å². The molecule has 0 aliphatic carbocycles. The molecule has 0 aliphatic rings. The second kappa shape index (κ2) is 8.44. The molecule has 1 aromatic heterocycles. The first-order chi connectivity index (χ1) is 12.5. The van der Waals surface area contributed by atoms with E-state index >= 15 is 0 Å². The van der Waals surface area contributed by atoms with Crippen LogP contribution in [0.5, 0.6) is 0 Å². The van der Waals surface area contributed by atoms with Crippen LogP contribution in [-0.4, -0.2) is 16.0 Å². The number of hydrogen-bond donors (Lipinski definition) is 2. The van der Waals surface area contributed by atoms with Crippen molar-refractivity contribution in [2.45, 2.75) is 26.3 Å². The van der Waals surface area contributed by atoms with E-state index < -0.39 is 0 Å². The van der Waals surface area contributed by atoms with Gasteiger partial charge in [0.2, 0.25) is 5.95 Å². The molecular weight excluding hydrogens is 442 g/mol. The van der Waals surface area contributed by atoms with Gasteiger partial charge < -0.3 is 10.6 Å². The van der Waals surface area contributed by atoms with Crippen LogP contribution in [0.15, 0.2) is 54.6 Å². The minimum Gasteiger partial charge on any atom is -0.352 e. The van der Waals surface area contributed by atoms with Gasteiger partial charge in [0.25, 0.3) is 0 Å². The van der Waals surface area contributed by atoms with Crippen LogP contribution in [0.2, 0.25) is 0 Å². The summed E-state index contributed by atoms with van der Waals surface area (Å²) in [6.45, 7) is 4.17. The molecule has 6 heteroatoms. The Morgan fingerprint density at radius 2 is 1.85 bits per heavy atom. The van der Waals surface area contributed by atoms with Gasteiger partial charge in [-0.3, -0.25) is 0 Å². The number of halogens is 2. The Balaban J connectivity index is 1.98. The van der Waals surface area contributed by atoms with Crippen LogP contribution < -0.4 is 10.6 Å². The number of nitrogens with zero attached hydrogens (tertiary/aromatic N) is 2. The van der Waals surface area contributed by atoms with E-state index in [0.717, 1.165) is 21.2 Å². The van der Waals surface area contributed by atoms with Crippen molar-refractivity contribution in [1.29, 1.82) is 0 Å². The molecule has 0 unspecified atom stereocenters. The monoisotopic (exact) mass is 462 g/mol. The zero-order valence-electron chi connectivity index (χ0n) is 14.6. The SMILES string of the molecule is CC[C@@H](C)Nc1nc(Nc2ccc(I)cc2F)cc(-c2ccccc2)n1. The van der Waals surface area contributed by atoms with Crippen molar-refractivity contribution < 1.29 is 4.39 Å². The lowest BCUT2D eigenvalue weighted by Crippen LogP contribution is -2.16. The quantitative estimate of drug-likeness (QED) is 0.452.